The van der Waals surface area contributed by atoms with Crippen LogP contribution in [0.5, 0.6) is 0 Å². The van der Waals surface area contributed by atoms with Gasteiger partial charge in [0.25, 0.3) is 5.91 Å². The smallest absolute Gasteiger partial charge is 0.250 e. The number of primary amides is 1. The van der Waals surface area contributed by atoms with Crippen LogP contribution in [-0.4, -0.2) is 39.0 Å². The van der Waals surface area contributed by atoms with E-state index in [0.717, 1.165) is 0 Å². The highest BCUT2D eigenvalue weighted by Crippen LogP contribution is 2.39. The molecular weight excluding hydrogens is 428 g/mol. The van der Waals surface area contributed by atoms with Gasteiger partial charge < -0.3 is 10.2 Å². The Morgan fingerprint density at radius 3 is 2.33 bits per heavy atom. The van der Waals surface area contributed by atoms with E-state index in [-0.39, 0.29) is 16.7 Å². The summed E-state index contributed by atoms with van der Waals surface area (Å²) in [7, 11) is -1.94. The quantitative estimate of drug-likeness (QED) is 0.531. The van der Waals surface area contributed by atoms with E-state index in [2.05, 4.69) is 69.8 Å². The normalized spacial score (nSPS) is 14.3. The molecule has 0 spiro atoms. The molecule has 0 aromatic carbocycles. The fourth-order valence-corrected chi connectivity index (χ4v) is 3.70. The number of halogens is 1. The minimum absolute atomic E-state index is 0.0924. The maximum absolute atomic E-state index is 11.8. The van der Waals surface area contributed by atoms with E-state index in [0.29, 0.717) is 16.1 Å². The van der Waals surface area contributed by atoms with Gasteiger partial charge in [-0.25, -0.2) is 19.6 Å². The van der Waals surface area contributed by atoms with E-state index < -0.39 is 14.2 Å². The Bertz CT molecular complexity index is 842. The Hall–Kier alpha value is -1.91. The molecule has 146 valence electrons. The van der Waals surface area contributed by atoms with Gasteiger partial charge in [-0.15, -0.1) is 5.10 Å². The van der Waals surface area contributed by atoms with Crippen molar-refractivity contribution in [1.29, 1.82) is 0 Å². The highest BCUT2D eigenvalue weighted by atomic mass is 79.9. The van der Waals surface area contributed by atoms with Crippen LogP contribution < -0.4 is 5.73 Å². The number of carbonyl (C=O) groups excluding carboxylic acids is 1. The molecule has 2 heterocycles. The fourth-order valence-electron chi connectivity index (χ4n) is 2.09. The van der Waals surface area contributed by atoms with Gasteiger partial charge in [0.2, 0.25) is 4.73 Å². The Labute approximate surface area is 168 Å². The number of rotatable bonds is 6. The monoisotopic (exact) mass is 452 g/mol. The third-order valence-electron chi connectivity index (χ3n) is 4.63. The zero-order chi connectivity index (χ0) is 20.4. The van der Waals surface area contributed by atoms with Crippen LogP contribution in [0, 0.1) is 0 Å². The van der Waals surface area contributed by atoms with Crippen LogP contribution in [0.4, 0.5) is 0 Å². The van der Waals surface area contributed by atoms with Gasteiger partial charge >= 0.3 is 0 Å². The number of nitrogens with two attached hydrogens (primary N) is 1. The van der Waals surface area contributed by atoms with Crippen LogP contribution in [0.1, 0.15) is 45.2 Å². The van der Waals surface area contributed by atoms with Gasteiger partial charge in [-0.1, -0.05) is 20.8 Å². The van der Waals surface area contributed by atoms with Crippen molar-refractivity contribution in [3.63, 3.8) is 0 Å². The van der Waals surface area contributed by atoms with Crippen LogP contribution in [0.25, 0.3) is 11.8 Å². The van der Waals surface area contributed by atoms with Crippen LogP contribution in [0.2, 0.25) is 18.1 Å². The number of hydrogen-bond acceptors (Lipinski definition) is 6. The number of carbonyl (C=O) groups is 1. The topological polar surface area (TPSA) is 109 Å². The van der Waals surface area contributed by atoms with Crippen molar-refractivity contribution in [2.75, 3.05) is 0 Å². The summed E-state index contributed by atoms with van der Waals surface area (Å²) in [6, 6.07) is 0. The first-order valence-corrected chi connectivity index (χ1v) is 12.2. The standard InChI is InChI=1S/C17H25BrN6O2Si/c1-11(26-27(5,6)17(2,3)4)15-20-7-12(8-21-15)13(14(19)25)9-24-10-22-16(18)23-24/h7-11H,1-6H3,(H2,19,25)/b13-9+. The van der Waals surface area contributed by atoms with Gasteiger partial charge in [0.15, 0.2) is 14.1 Å². The molecule has 1 amide bonds. The Balaban J connectivity index is 2.24. The Kier molecular flexibility index (Phi) is 6.33. The second-order valence-electron chi connectivity index (χ2n) is 7.75. The summed E-state index contributed by atoms with van der Waals surface area (Å²) in [5.41, 5.74) is 6.23. The highest BCUT2D eigenvalue weighted by molar-refractivity contribution is 9.10. The van der Waals surface area contributed by atoms with Crippen LogP contribution in [-0.2, 0) is 9.22 Å². The van der Waals surface area contributed by atoms with Crippen LogP contribution in [0.3, 0.4) is 0 Å². The zero-order valence-corrected chi connectivity index (χ0v) is 19.0. The van der Waals surface area contributed by atoms with Crippen molar-refractivity contribution in [3.8, 4) is 0 Å². The van der Waals surface area contributed by atoms with Gasteiger partial charge in [-0.05, 0) is 41.0 Å². The number of hydrogen-bond donors (Lipinski definition) is 1. The lowest BCUT2D eigenvalue weighted by Crippen LogP contribution is -2.41. The molecular formula is C17H25BrN6O2Si. The van der Waals surface area contributed by atoms with E-state index in [1.165, 1.54) is 17.2 Å². The highest BCUT2D eigenvalue weighted by Gasteiger charge is 2.39. The van der Waals surface area contributed by atoms with Gasteiger partial charge in [0, 0.05) is 24.2 Å². The maximum Gasteiger partial charge on any atom is 0.250 e. The Morgan fingerprint density at radius 1 is 1.30 bits per heavy atom. The van der Waals surface area contributed by atoms with Gasteiger partial charge in [0.05, 0.1) is 5.57 Å². The minimum Gasteiger partial charge on any atom is -0.407 e. The summed E-state index contributed by atoms with van der Waals surface area (Å²) in [5, 5.41) is 4.14. The summed E-state index contributed by atoms with van der Waals surface area (Å²) >= 11 is 3.15. The van der Waals surface area contributed by atoms with Crippen molar-refractivity contribution in [3.05, 3.63) is 34.8 Å². The SMILES string of the molecule is CC(O[Si](C)(C)C(C)(C)C)c1ncc(/C(=C\n2cnc(Br)n2)C(N)=O)cn1. The number of amides is 1. The molecule has 8 nitrogen and oxygen atoms in total. The van der Waals surface area contributed by atoms with E-state index in [1.807, 2.05) is 6.92 Å². The average molecular weight is 453 g/mol. The molecule has 1 atom stereocenters. The molecule has 0 fully saturated rings. The number of nitrogens with zero attached hydrogens (tertiary/aromatic N) is 5. The minimum atomic E-state index is -1.94. The van der Waals surface area contributed by atoms with Crippen molar-refractivity contribution in [2.24, 2.45) is 5.73 Å². The molecule has 2 rings (SSSR count). The molecule has 0 radical (unpaired) electrons. The molecule has 0 aliphatic carbocycles. The van der Waals surface area contributed by atoms with E-state index in [1.54, 1.807) is 12.4 Å². The molecule has 0 aliphatic rings. The van der Waals surface area contributed by atoms with Crippen molar-refractivity contribution in [1.82, 2.24) is 24.7 Å². The summed E-state index contributed by atoms with van der Waals surface area (Å²) < 4.78 is 8.11. The summed E-state index contributed by atoms with van der Waals surface area (Å²) in [4.78, 5) is 24.5. The predicted octanol–water partition coefficient (Wildman–Crippen LogP) is 3.40. The molecule has 2 N–H and O–H groups in total. The van der Waals surface area contributed by atoms with Crippen molar-refractivity contribution >= 4 is 41.9 Å². The lowest BCUT2D eigenvalue weighted by atomic mass is 10.1. The summed E-state index contributed by atoms with van der Waals surface area (Å²) in [6.45, 7) is 12.9. The third-order valence-corrected chi connectivity index (χ3v) is 9.55. The number of aromatic nitrogens is 5. The summed E-state index contributed by atoms with van der Waals surface area (Å²) in [5.74, 6) is -0.0422. The first-order valence-electron chi connectivity index (χ1n) is 8.49. The molecule has 1 unspecified atom stereocenters. The second-order valence-corrected chi connectivity index (χ2v) is 13.2. The molecule has 0 bridgehead atoms. The third kappa shape index (κ3) is 5.30. The second kappa shape index (κ2) is 7.99. The van der Waals surface area contributed by atoms with Crippen molar-refractivity contribution in [2.45, 2.75) is 51.9 Å². The van der Waals surface area contributed by atoms with E-state index >= 15 is 0 Å². The molecule has 0 saturated heterocycles. The first-order chi connectivity index (χ1) is 12.4. The van der Waals surface area contributed by atoms with E-state index in [9.17, 15) is 4.79 Å². The zero-order valence-electron chi connectivity index (χ0n) is 16.4. The van der Waals surface area contributed by atoms with Gasteiger partial charge in [-0.3, -0.25) is 4.79 Å². The maximum atomic E-state index is 11.8. The predicted molar refractivity (Wildman–Crippen MR) is 110 cm³/mol. The average Bonchev–Trinajstić information content (AvgIpc) is 2.96. The van der Waals surface area contributed by atoms with Gasteiger partial charge in [0.1, 0.15) is 12.4 Å². The lowest BCUT2D eigenvalue weighted by molar-refractivity contribution is -0.112. The van der Waals surface area contributed by atoms with E-state index in [4.69, 9.17) is 10.2 Å². The molecule has 2 aromatic heterocycles. The van der Waals surface area contributed by atoms with Gasteiger partial charge in [-0.2, -0.15) is 0 Å². The summed E-state index contributed by atoms with van der Waals surface area (Å²) in [6.07, 6.45) is 5.82. The molecule has 2 aromatic rings. The molecule has 0 saturated carbocycles. The Morgan fingerprint density at radius 2 is 1.89 bits per heavy atom. The largest absolute Gasteiger partial charge is 0.407 e. The van der Waals surface area contributed by atoms with Crippen LogP contribution >= 0.6 is 15.9 Å². The fraction of sp³-hybridized carbons (Fsp3) is 0.471. The molecule has 0 aliphatic heterocycles. The molecule has 10 heteroatoms. The van der Waals surface area contributed by atoms with Crippen molar-refractivity contribution < 1.29 is 9.22 Å². The molecule has 27 heavy (non-hydrogen) atoms. The first kappa shape index (κ1) is 21.4. The van der Waals surface area contributed by atoms with Crippen LogP contribution in [0.15, 0.2) is 23.5 Å². The lowest BCUT2D eigenvalue weighted by Gasteiger charge is -2.38.